The molecule has 0 aliphatic carbocycles. The number of hydrogen-bond donors (Lipinski definition) is 0. The number of aromatic nitrogens is 4. The van der Waals surface area contributed by atoms with Crippen LogP contribution < -0.4 is 0 Å². The lowest BCUT2D eigenvalue weighted by atomic mass is 10.1. The highest BCUT2D eigenvalue weighted by Crippen LogP contribution is 2.32. The Morgan fingerprint density at radius 1 is 0.594 bits per heavy atom. The first-order valence-corrected chi connectivity index (χ1v) is 10.5. The van der Waals surface area contributed by atoms with Gasteiger partial charge < -0.3 is 4.42 Å². The SMILES string of the molecule is Clc1ccnc(-c2nc(-c3ccccc3)nc(-c3ccc4c(c3)oc3ccccc34)n2)c1. The van der Waals surface area contributed by atoms with E-state index in [1.165, 1.54) is 0 Å². The van der Waals surface area contributed by atoms with Crippen molar-refractivity contribution in [1.82, 2.24) is 19.9 Å². The number of pyridine rings is 1. The number of rotatable bonds is 3. The lowest BCUT2D eigenvalue weighted by Crippen LogP contribution is -2.01. The Bertz CT molecular complexity index is 1590. The molecule has 5 nitrogen and oxygen atoms in total. The summed E-state index contributed by atoms with van der Waals surface area (Å²) in [6.45, 7) is 0. The molecule has 6 rings (SSSR count). The average Bonchev–Trinajstić information content (AvgIpc) is 3.22. The Morgan fingerprint density at radius 3 is 2.16 bits per heavy atom. The van der Waals surface area contributed by atoms with Crippen LogP contribution in [0.1, 0.15) is 0 Å². The zero-order valence-electron chi connectivity index (χ0n) is 16.7. The van der Waals surface area contributed by atoms with Crippen LogP contribution in [0.2, 0.25) is 5.02 Å². The van der Waals surface area contributed by atoms with Gasteiger partial charge in [0.25, 0.3) is 0 Å². The van der Waals surface area contributed by atoms with Gasteiger partial charge in [0.05, 0.1) is 0 Å². The third-order valence-corrected chi connectivity index (χ3v) is 5.49. The van der Waals surface area contributed by atoms with Crippen LogP contribution in [0.5, 0.6) is 0 Å². The van der Waals surface area contributed by atoms with E-state index in [9.17, 15) is 0 Å². The van der Waals surface area contributed by atoms with Crippen molar-refractivity contribution < 1.29 is 4.42 Å². The molecule has 0 fully saturated rings. The van der Waals surface area contributed by atoms with Gasteiger partial charge in [0.2, 0.25) is 0 Å². The van der Waals surface area contributed by atoms with Crippen LogP contribution in [0.25, 0.3) is 56.2 Å². The molecule has 0 aliphatic heterocycles. The van der Waals surface area contributed by atoms with Crippen molar-refractivity contribution in [2.45, 2.75) is 0 Å². The van der Waals surface area contributed by atoms with Crippen molar-refractivity contribution in [2.75, 3.05) is 0 Å². The van der Waals surface area contributed by atoms with Gasteiger partial charge in [0.15, 0.2) is 17.5 Å². The Kier molecular flexibility index (Phi) is 4.40. The minimum absolute atomic E-state index is 0.459. The first-order chi connectivity index (χ1) is 15.7. The van der Waals surface area contributed by atoms with Crippen molar-refractivity contribution in [3.63, 3.8) is 0 Å². The standard InChI is InChI=1S/C26H15ClN4O/c27-18-12-13-28-21(15-18)26-30-24(16-6-2-1-3-7-16)29-25(31-26)17-10-11-20-19-8-4-5-9-22(19)32-23(20)14-17/h1-15H. The topological polar surface area (TPSA) is 64.7 Å². The van der Waals surface area contributed by atoms with Crippen LogP contribution >= 0.6 is 11.6 Å². The Morgan fingerprint density at radius 2 is 1.31 bits per heavy atom. The maximum atomic E-state index is 6.19. The van der Waals surface area contributed by atoms with E-state index in [4.69, 9.17) is 26.0 Å². The summed E-state index contributed by atoms with van der Waals surface area (Å²) in [5, 5.41) is 2.71. The molecule has 3 aromatic heterocycles. The van der Waals surface area contributed by atoms with Crippen molar-refractivity contribution in [2.24, 2.45) is 0 Å². The highest BCUT2D eigenvalue weighted by molar-refractivity contribution is 6.30. The number of para-hydroxylation sites is 1. The molecule has 0 spiro atoms. The maximum Gasteiger partial charge on any atom is 0.182 e. The van der Waals surface area contributed by atoms with E-state index < -0.39 is 0 Å². The average molecular weight is 435 g/mol. The summed E-state index contributed by atoms with van der Waals surface area (Å²) in [5.41, 5.74) is 3.95. The molecule has 0 radical (unpaired) electrons. The van der Waals surface area contributed by atoms with Gasteiger partial charge >= 0.3 is 0 Å². The summed E-state index contributed by atoms with van der Waals surface area (Å²) >= 11 is 6.19. The van der Waals surface area contributed by atoms with Crippen molar-refractivity contribution >= 4 is 33.5 Å². The number of furan rings is 1. The fourth-order valence-corrected chi connectivity index (χ4v) is 3.89. The molecule has 0 saturated heterocycles. The molecule has 152 valence electrons. The molecule has 32 heavy (non-hydrogen) atoms. The molecular formula is C26H15ClN4O. The molecule has 0 atom stereocenters. The van der Waals surface area contributed by atoms with Gasteiger partial charge in [-0.05, 0) is 30.3 Å². The normalized spacial score (nSPS) is 11.3. The Labute approximate surface area is 188 Å². The van der Waals surface area contributed by atoms with Gasteiger partial charge in [0, 0.05) is 33.1 Å². The van der Waals surface area contributed by atoms with E-state index in [1.54, 1.807) is 18.3 Å². The second-order valence-electron chi connectivity index (χ2n) is 7.34. The fourth-order valence-electron chi connectivity index (χ4n) is 3.73. The van der Waals surface area contributed by atoms with E-state index in [1.807, 2.05) is 66.7 Å². The van der Waals surface area contributed by atoms with E-state index in [-0.39, 0.29) is 0 Å². The van der Waals surface area contributed by atoms with Crippen LogP contribution in [0, 0.1) is 0 Å². The number of nitrogens with zero attached hydrogens (tertiary/aromatic N) is 4. The molecular weight excluding hydrogens is 420 g/mol. The molecule has 6 aromatic rings. The zero-order valence-corrected chi connectivity index (χ0v) is 17.5. The van der Waals surface area contributed by atoms with Gasteiger partial charge in [-0.2, -0.15) is 0 Å². The first-order valence-electron chi connectivity index (χ1n) is 10.1. The van der Waals surface area contributed by atoms with E-state index in [0.717, 1.165) is 33.1 Å². The Hall–Kier alpha value is -4.09. The Balaban J connectivity index is 1.56. The monoisotopic (exact) mass is 434 g/mol. The highest BCUT2D eigenvalue weighted by atomic mass is 35.5. The minimum atomic E-state index is 0.459. The van der Waals surface area contributed by atoms with Crippen molar-refractivity contribution in [1.29, 1.82) is 0 Å². The molecule has 6 heteroatoms. The van der Waals surface area contributed by atoms with Gasteiger partial charge in [-0.15, -0.1) is 0 Å². The maximum absolute atomic E-state index is 6.19. The zero-order chi connectivity index (χ0) is 21.5. The highest BCUT2D eigenvalue weighted by Gasteiger charge is 2.15. The van der Waals surface area contributed by atoms with E-state index in [0.29, 0.717) is 28.2 Å². The van der Waals surface area contributed by atoms with Gasteiger partial charge in [-0.3, -0.25) is 4.98 Å². The predicted octanol–water partition coefficient (Wildman–Crippen LogP) is 6.82. The van der Waals surface area contributed by atoms with Crippen molar-refractivity contribution in [3.05, 3.63) is 96.1 Å². The summed E-state index contributed by atoms with van der Waals surface area (Å²) in [7, 11) is 0. The fraction of sp³-hybridized carbons (Fsp3) is 0. The largest absolute Gasteiger partial charge is 0.456 e. The van der Waals surface area contributed by atoms with Gasteiger partial charge in [-0.1, -0.05) is 66.2 Å². The first kappa shape index (κ1) is 18.7. The quantitative estimate of drug-likeness (QED) is 0.305. The second kappa shape index (κ2) is 7.55. The summed E-state index contributed by atoms with van der Waals surface area (Å²) in [6, 6.07) is 27.3. The van der Waals surface area contributed by atoms with Crippen LogP contribution in [-0.2, 0) is 0 Å². The number of halogens is 1. The van der Waals surface area contributed by atoms with Gasteiger partial charge in [-0.25, -0.2) is 15.0 Å². The summed E-state index contributed by atoms with van der Waals surface area (Å²) < 4.78 is 6.06. The van der Waals surface area contributed by atoms with E-state index >= 15 is 0 Å². The molecule has 0 aliphatic rings. The van der Waals surface area contributed by atoms with Gasteiger partial charge in [0.1, 0.15) is 16.9 Å². The third kappa shape index (κ3) is 3.29. The van der Waals surface area contributed by atoms with Crippen LogP contribution in [-0.4, -0.2) is 19.9 Å². The van der Waals surface area contributed by atoms with Crippen LogP contribution in [0.4, 0.5) is 0 Å². The van der Waals surface area contributed by atoms with Crippen LogP contribution in [0.3, 0.4) is 0 Å². The minimum Gasteiger partial charge on any atom is -0.456 e. The number of hydrogen-bond acceptors (Lipinski definition) is 5. The molecule has 0 bridgehead atoms. The summed E-state index contributed by atoms with van der Waals surface area (Å²) in [5.74, 6) is 1.57. The molecule has 0 saturated carbocycles. The molecule has 0 unspecified atom stereocenters. The lowest BCUT2D eigenvalue weighted by molar-refractivity contribution is 0.669. The smallest absolute Gasteiger partial charge is 0.182 e. The summed E-state index contributed by atoms with van der Waals surface area (Å²) in [4.78, 5) is 18.5. The van der Waals surface area contributed by atoms with Crippen molar-refractivity contribution in [3.8, 4) is 34.3 Å². The lowest BCUT2D eigenvalue weighted by Gasteiger charge is -2.08. The second-order valence-corrected chi connectivity index (χ2v) is 7.78. The third-order valence-electron chi connectivity index (χ3n) is 5.26. The number of benzene rings is 3. The molecule has 3 heterocycles. The molecule has 0 amide bonds. The van der Waals surface area contributed by atoms with E-state index in [2.05, 4.69) is 16.0 Å². The molecule has 0 N–H and O–H groups in total. The summed E-state index contributed by atoms with van der Waals surface area (Å²) in [6.07, 6.45) is 1.64. The van der Waals surface area contributed by atoms with Crippen LogP contribution in [0.15, 0.2) is 95.5 Å². The predicted molar refractivity (Wildman–Crippen MR) is 126 cm³/mol. The number of fused-ring (bicyclic) bond motifs is 3. The molecule has 3 aromatic carbocycles.